The molecule has 1 aliphatic carbocycles. The van der Waals surface area contributed by atoms with Crippen molar-refractivity contribution in [1.29, 1.82) is 0 Å². The summed E-state index contributed by atoms with van der Waals surface area (Å²) in [5.74, 6) is 0. The zero-order chi connectivity index (χ0) is 7.07. The van der Waals surface area contributed by atoms with E-state index in [4.69, 9.17) is 0 Å². The third kappa shape index (κ3) is 10.3. The van der Waals surface area contributed by atoms with Crippen molar-refractivity contribution in [3.8, 4) is 0 Å². The molecule has 0 unspecified atom stereocenters. The Bertz CT molecular complexity index is 41.0. The fourth-order valence-electron chi connectivity index (χ4n) is 1.31. The van der Waals surface area contributed by atoms with Gasteiger partial charge in [-0.1, -0.05) is 0 Å². The van der Waals surface area contributed by atoms with Gasteiger partial charge in [-0.15, -0.1) is 6.42 Å². The van der Waals surface area contributed by atoms with Crippen molar-refractivity contribution in [3.05, 3.63) is 19.3 Å². The minimum Gasteiger partial charge on any atom is -0.333 e. The molecule has 63 valence electrons. The van der Waals surface area contributed by atoms with Crippen molar-refractivity contribution in [2.24, 2.45) is 0 Å². The molecule has 1 rings (SSSR count). The van der Waals surface area contributed by atoms with Crippen LogP contribution in [-0.4, -0.2) is 0 Å². The maximum atomic E-state index is 2.43. The fraction of sp³-hybridized carbons (Fsp3) is 0.700. The maximum Gasteiger partial charge on any atom is 3.00 e. The number of hydrogen-bond donors (Lipinski definition) is 0. The van der Waals surface area contributed by atoms with E-state index in [1.165, 1.54) is 44.9 Å². The molecule has 1 fully saturated rings. The van der Waals surface area contributed by atoms with Gasteiger partial charge in [-0.25, -0.2) is 25.7 Å². The average molecular weight is 315 g/mol. The van der Waals surface area contributed by atoms with Crippen molar-refractivity contribution in [2.75, 3.05) is 0 Å². The zero-order valence-electron chi connectivity index (χ0n) is 7.84. The van der Waals surface area contributed by atoms with Gasteiger partial charge in [-0.05, 0) is 0 Å². The third-order valence-corrected chi connectivity index (χ3v) is 1.97. The van der Waals surface area contributed by atoms with Gasteiger partial charge in [0.15, 0.2) is 0 Å². The molecule has 2 heteroatoms. The van der Waals surface area contributed by atoms with Gasteiger partial charge in [0.05, 0.1) is 0 Å². The van der Waals surface area contributed by atoms with Crippen LogP contribution in [0.2, 0.25) is 0 Å². The molecule has 1 radical (unpaired) electrons. The molecule has 12 heavy (non-hydrogen) atoms. The summed E-state index contributed by atoms with van der Waals surface area (Å²) in [6.07, 6.45) is 16.5. The Balaban J connectivity index is 0. The second kappa shape index (κ2) is 13.2. The molecular formula is C10H17Y2. The largest absolute Gasteiger partial charge is 3.00 e. The second-order valence-corrected chi connectivity index (χ2v) is 2.95. The van der Waals surface area contributed by atoms with Crippen LogP contribution in [0.1, 0.15) is 44.9 Å². The van der Waals surface area contributed by atoms with Gasteiger partial charge < -0.3 is 19.3 Å². The van der Waals surface area contributed by atoms with E-state index >= 15 is 0 Å². The Morgan fingerprint density at radius 1 is 0.583 bits per heavy atom. The quantitative estimate of drug-likeness (QED) is 0.602. The molecule has 0 amide bonds. The number of hydrogen-bond acceptors (Lipinski definition) is 0. The Hall–Kier alpha value is 2.21. The van der Waals surface area contributed by atoms with Gasteiger partial charge in [-0.2, -0.15) is 12.8 Å². The summed E-state index contributed by atoms with van der Waals surface area (Å²) in [6.45, 7) is 0. The van der Waals surface area contributed by atoms with E-state index < -0.39 is 0 Å². The molecule has 0 atom stereocenters. The van der Waals surface area contributed by atoms with Crippen LogP contribution in [-0.2, 0) is 65.4 Å². The molecule has 0 aromatic heterocycles. The first kappa shape index (κ1) is 16.6. The summed E-state index contributed by atoms with van der Waals surface area (Å²) in [4.78, 5) is 0. The normalized spacial score (nSPS) is 20.0. The van der Waals surface area contributed by atoms with Crippen LogP contribution in [0.3, 0.4) is 0 Å². The first-order valence-electron chi connectivity index (χ1n) is 4.45. The monoisotopic (exact) mass is 315 g/mol. The molecule has 0 heterocycles. The van der Waals surface area contributed by atoms with Crippen molar-refractivity contribution in [2.45, 2.75) is 44.9 Å². The topological polar surface area (TPSA) is 0 Å². The summed E-state index contributed by atoms with van der Waals surface area (Å²) in [7, 11) is 0. The molecule has 0 nitrogen and oxygen atoms in total. The van der Waals surface area contributed by atoms with Crippen LogP contribution in [0.4, 0.5) is 0 Å². The van der Waals surface area contributed by atoms with E-state index in [1.807, 2.05) is 0 Å². The summed E-state index contributed by atoms with van der Waals surface area (Å²) in [5, 5.41) is 0. The predicted octanol–water partition coefficient (Wildman–Crippen LogP) is 3.34. The van der Waals surface area contributed by atoms with Crippen molar-refractivity contribution < 1.29 is 65.4 Å². The summed E-state index contributed by atoms with van der Waals surface area (Å²) < 4.78 is 0. The molecule has 1 saturated carbocycles. The van der Waals surface area contributed by atoms with Gasteiger partial charge in [0.25, 0.3) is 0 Å². The summed E-state index contributed by atoms with van der Waals surface area (Å²) in [5.41, 5.74) is 0. The van der Waals surface area contributed by atoms with Crippen LogP contribution >= 0.6 is 0 Å². The minimum atomic E-state index is 0. The standard InChI is InChI=1S/C10H17.2Y/c1-2-4-6-8-10-9-7-5-3-1;;/h1,6-7H,2-5,8-10H2;;/q-3;;+3. The van der Waals surface area contributed by atoms with E-state index in [-0.39, 0.29) is 65.4 Å². The summed E-state index contributed by atoms with van der Waals surface area (Å²) >= 11 is 0. The molecule has 0 aromatic carbocycles. The molecule has 0 spiro atoms. The molecule has 0 saturated heterocycles. The van der Waals surface area contributed by atoms with Crippen LogP contribution in [0.25, 0.3) is 0 Å². The molecule has 1 aliphatic rings. The maximum absolute atomic E-state index is 2.43. The molecule has 0 aliphatic heterocycles. The van der Waals surface area contributed by atoms with Crippen LogP contribution < -0.4 is 0 Å². The van der Waals surface area contributed by atoms with Crippen LogP contribution in [0.15, 0.2) is 0 Å². The zero-order valence-corrected chi connectivity index (χ0v) is 13.5. The predicted molar refractivity (Wildman–Crippen MR) is 45.2 cm³/mol. The Kier molecular flexibility index (Phi) is 18.3. The first-order valence-corrected chi connectivity index (χ1v) is 4.45. The van der Waals surface area contributed by atoms with Crippen LogP contribution in [0.5, 0.6) is 0 Å². The molecule has 0 bridgehead atoms. The van der Waals surface area contributed by atoms with Gasteiger partial charge >= 0.3 is 32.7 Å². The van der Waals surface area contributed by atoms with Crippen LogP contribution in [0, 0.1) is 19.3 Å². The SMILES string of the molecule is [CH-]1CC[CH-]CCC[CH-]CC1.[Y+3].[Y]. The van der Waals surface area contributed by atoms with E-state index in [0.717, 1.165) is 0 Å². The first-order chi connectivity index (χ1) is 5.00. The van der Waals surface area contributed by atoms with E-state index in [9.17, 15) is 0 Å². The fourth-order valence-corrected chi connectivity index (χ4v) is 1.31. The summed E-state index contributed by atoms with van der Waals surface area (Å²) in [6, 6.07) is 0. The van der Waals surface area contributed by atoms with Gasteiger partial charge in [0.1, 0.15) is 0 Å². The molecular weight excluding hydrogens is 298 g/mol. The minimum absolute atomic E-state index is 0. The van der Waals surface area contributed by atoms with Crippen molar-refractivity contribution >= 4 is 0 Å². The number of rotatable bonds is 0. The van der Waals surface area contributed by atoms with Gasteiger partial charge in [-0.3, -0.25) is 0 Å². The second-order valence-electron chi connectivity index (χ2n) is 2.95. The van der Waals surface area contributed by atoms with E-state index in [1.54, 1.807) is 0 Å². The van der Waals surface area contributed by atoms with E-state index in [2.05, 4.69) is 19.3 Å². The van der Waals surface area contributed by atoms with Gasteiger partial charge in [0, 0.05) is 32.7 Å². The smallest absolute Gasteiger partial charge is 0.333 e. The molecule has 0 aromatic rings. The Labute approximate surface area is 128 Å². The third-order valence-electron chi connectivity index (χ3n) is 1.97. The average Bonchev–Trinajstić information content (AvgIpc) is 2.01. The Morgan fingerprint density at radius 2 is 0.917 bits per heavy atom. The van der Waals surface area contributed by atoms with Gasteiger partial charge in [0.2, 0.25) is 0 Å². The van der Waals surface area contributed by atoms with Crippen molar-refractivity contribution in [1.82, 2.24) is 0 Å². The molecule has 0 N–H and O–H groups in total. The van der Waals surface area contributed by atoms with Crippen molar-refractivity contribution in [3.63, 3.8) is 0 Å². The van der Waals surface area contributed by atoms with E-state index in [0.29, 0.717) is 0 Å². The Morgan fingerprint density at radius 3 is 1.33 bits per heavy atom.